The maximum absolute atomic E-state index is 12.0. The van der Waals surface area contributed by atoms with Gasteiger partial charge in [0.05, 0.1) is 5.92 Å². The molecule has 1 atom stereocenters. The van der Waals surface area contributed by atoms with Gasteiger partial charge < -0.3 is 15.3 Å². The molecule has 0 spiro atoms. The highest BCUT2D eigenvalue weighted by molar-refractivity contribution is 8.00. The Balaban J connectivity index is 2.43. The van der Waals surface area contributed by atoms with Crippen LogP contribution in [0.3, 0.4) is 0 Å². The van der Waals surface area contributed by atoms with Gasteiger partial charge in [0.2, 0.25) is 0 Å². The van der Waals surface area contributed by atoms with Gasteiger partial charge in [-0.25, -0.2) is 4.79 Å². The predicted octanol–water partition coefficient (Wildman–Crippen LogP) is 2.02. The van der Waals surface area contributed by atoms with Crippen molar-refractivity contribution in [2.24, 2.45) is 5.92 Å². The van der Waals surface area contributed by atoms with E-state index in [0.29, 0.717) is 13.1 Å². The first-order valence-electron chi connectivity index (χ1n) is 6.75. The van der Waals surface area contributed by atoms with Crippen molar-refractivity contribution >= 4 is 23.8 Å². The van der Waals surface area contributed by atoms with Crippen LogP contribution in [0.1, 0.15) is 33.1 Å². The molecule has 2 amide bonds. The van der Waals surface area contributed by atoms with Gasteiger partial charge in [0.25, 0.3) is 0 Å². The first kappa shape index (κ1) is 16.1. The van der Waals surface area contributed by atoms with Gasteiger partial charge in [-0.15, -0.1) is 0 Å². The van der Waals surface area contributed by atoms with E-state index in [1.807, 2.05) is 18.7 Å². The average Bonchev–Trinajstić information content (AvgIpc) is 2.34. The van der Waals surface area contributed by atoms with E-state index in [1.165, 1.54) is 6.42 Å². The molecular weight excluding hydrogens is 264 g/mol. The van der Waals surface area contributed by atoms with Crippen LogP contribution in [0.5, 0.6) is 0 Å². The SMILES string of the molecule is CCN(CC(C)C(=O)O)C(=O)NCC1(SC)CCC1. The molecule has 0 heterocycles. The number of hydrogen-bond donors (Lipinski definition) is 2. The van der Waals surface area contributed by atoms with Crippen LogP contribution in [0.15, 0.2) is 0 Å². The minimum Gasteiger partial charge on any atom is -0.481 e. The molecule has 0 aromatic carbocycles. The molecule has 0 aliphatic heterocycles. The Morgan fingerprint density at radius 1 is 1.47 bits per heavy atom. The number of carbonyl (C=O) groups is 2. The van der Waals surface area contributed by atoms with Crippen molar-refractivity contribution in [3.63, 3.8) is 0 Å². The van der Waals surface area contributed by atoms with Crippen molar-refractivity contribution in [2.45, 2.75) is 37.9 Å². The topological polar surface area (TPSA) is 69.6 Å². The lowest BCUT2D eigenvalue weighted by Crippen LogP contribution is -2.50. The molecule has 0 saturated heterocycles. The van der Waals surface area contributed by atoms with E-state index >= 15 is 0 Å². The third-order valence-corrected chi connectivity index (χ3v) is 5.26. The molecule has 1 unspecified atom stereocenters. The van der Waals surface area contributed by atoms with Crippen LogP contribution in [-0.4, -0.2) is 52.6 Å². The molecule has 110 valence electrons. The predicted molar refractivity (Wildman–Crippen MR) is 77.5 cm³/mol. The van der Waals surface area contributed by atoms with Gasteiger partial charge >= 0.3 is 12.0 Å². The standard InChI is InChI=1S/C13H24N2O3S/c1-4-15(8-10(2)11(16)17)12(18)14-9-13(19-3)6-5-7-13/h10H,4-9H2,1-3H3,(H,14,18)(H,16,17). The number of nitrogens with one attached hydrogen (secondary N) is 1. The van der Waals surface area contributed by atoms with Gasteiger partial charge in [0.1, 0.15) is 0 Å². The van der Waals surface area contributed by atoms with E-state index in [4.69, 9.17) is 5.11 Å². The average molecular weight is 288 g/mol. The summed E-state index contributed by atoms with van der Waals surface area (Å²) in [4.78, 5) is 24.4. The zero-order chi connectivity index (χ0) is 14.5. The van der Waals surface area contributed by atoms with Crippen molar-refractivity contribution in [2.75, 3.05) is 25.9 Å². The van der Waals surface area contributed by atoms with Gasteiger partial charge in [-0.2, -0.15) is 11.8 Å². The Morgan fingerprint density at radius 3 is 2.47 bits per heavy atom. The quantitative estimate of drug-likeness (QED) is 0.752. The number of carbonyl (C=O) groups excluding carboxylic acids is 1. The number of urea groups is 1. The number of amides is 2. The summed E-state index contributed by atoms with van der Waals surface area (Å²) >= 11 is 1.81. The number of carboxylic acid groups (broad SMARTS) is 1. The second-order valence-corrected chi connectivity index (χ2v) is 6.45. The zero-order valence-corrected chi connectivity index (χ0v) is 12.8. The van der Waals surface area contributed by atoms with E-state index in [1.54, 1.807) is 11.8 Å². The number of carboxylic acids is 1. The van der Waals surface area contributed by atoms with Crippen LogP contribution in [-0.2, 0) is 4.79 Å². The molecule has 1 aliphatic rings. The zero-order valence-electron chi connectivity index (χ0n) is 11.9. The number of thioether (sulfide) groups is 1. The Bertz CT molecular complexity index is 326. The summed E-state index contributed by atoms with van der Waals surface area (Å²) in [6.45, 7) is 4.93. The molecule has 1 aliphatic carbocycles. The normalized spacial score (nSPS) is 18.3. The summed E-state index contributed by atoms with van der Waals surface area (Å²) in [6, 6.07) is -0.157. The Morgan fingerprint density at radius 2 is 2.11 bits per heavy atom. The fourth-order valence-corrected chi connectivity index (χ4v) is 3.05. The monoisotopic (exact) mass is 288 g/mol. The molecule has 19 heavy (non-hydrogen) atoms. The first-order chi connectivity index (χ1) is 8.94. The van der Waals surface area contributed by atoms with Gasteiger partial charge in [0.15, 0.2) is 0 Å². The lowest BCUT2D eigenvalue weighted by Gasteiger charge is -2.40. The summed E-state index contributed by atoms with van der Waals surface area (Å²) in [6.07, 6.45) is 5.60. The molecular formula is C13H24N2O3S. The molecule has 1 saturated carbocycles. The lowest BCUT2D eigenvalue weighted by atomic mass is 9.84. The highest BCUT2D eigenvalue weighted by Crippen LogP contribution is 2.42. The van der Waals surface area contributed by atoms with E-state index in [2.05, 4.69) is 11.6 Å². The summed E-state index contributed by atoms with van der Waals surface area (Å²) in [5.74, 6) is -1.41. The largest absolute Gasteiger partial charge is 0.481 e. The van der Waals surface area contributed by atoms with Crippen molar-refractivity contribution in [3.8, 4) is 0 Å². The molecule has 1 rings (SSSR count). The fourth-order valence-electron chi connectivity index (χ4n) is 2.14. The smallest absolute Gasteiger partial charge is 0.317 e. The van der Waals surface area contributed by atoms with Crippen LogP contribution < -0.4 is 5.32 Å². The maximum Gasteiger partial charge on any atom is 0.317 e. The Hall–Kier alpha value is -0.910. The summed E-state index contributed by atoms with van der Waals surface area (Å²) in [5.41, 5.74) is 0. The molecule has 2 N–H and O–H groups in total. The first-order valence-corrected chi connectivity index (χ1v) is 7.97. The number of hydrogen-bond acceptors (Lipinski definition) is 3. The van der Waals surface area contributed by atoms with Crippen LogP contribution in [0, 0.1) is 5.92 Å². The van der Waals surface area contributed by atoms with Gasteiger partial charge in [-0.3, -0.25) is 4.79 Å². The minimum atomic E-state index is -0.870. The minimum absolute atomic E-state index is 0.157. The van der Waals surface area contributed by atoms with Crippen LogP contribution in [0.2, 0.25) is 0 Å². The van der Waals surface area contributed by atoms with Crippen LogP contribution >= 0.6 is 11.8 Å². The summed E-state index contributed by atoms with van der Waals surface area (Å²) in [7, 11) is 0. The molecule has 1 fully saturated rings. The third-order valence-electron chi connectivity index (χ3n) is 3.84. The van der Waals surface area contributed by atoms with E-state index in [9.17, 15) is 9.59 Å². The second kappa shape index (κ2) is 7.03. The van der Waals surface area contributed by atoms with Crippen molar-refractivity contribution in [1.29, 1.82) is 0 Å². The highest BCUT2D eigenvalue weighted by Gasteiger charge is 2.36. The van der Waals surface area contributed by atoms with Crippen LogP contribution in [0.25, 0.3) is 0 Å². The lowest BCUT2D eigenvalue weighted by molar-refractivity contribution is -0.141. The van der Waals surface area contributed by atoms with Gasteiger partial charge in [-0.05, 0) is 26.0 Å². The van der Waals surface area contributed by atoms with Crippen molar-refractivity contribution in [1.82, 2.24) is 10.2 Å². The fraction of sp³-hybridized carbons (Fsp3) is 0.846. The maximum atomic E-state index is 12.0. The number of aliphatic carboxylic acids is 1. The van der Waals surface area contributed by atoms with Crippen molar-refractivity contribution in [3.05, 3.63) is 0 Å². The molecule has 0 radical (unpaired) electrons. The van der Waals surface area contributed by atoms with Crippen LogP contribution in [0.4, 0.5) is 4.79 Å². The summed E-state index contributed by atoms with van der Waals surface area (Å²) < 4.78 is 0.202. The second-order valence-electron chi connectivity index (χ2n) is 5.18. The molecule has 6 heteroatoms. The number of nitrogens with zero attached hydrogens (tertiary/aromatic N) is 1. The molecule has 0 aromatic heterocycles. The number of rotatable bonds is 7. The van der Waals surface area contributed by atoms with Crippen molar-refractivity contribution < 1.29 is 14.7 Å². The molecule has 0 bridgehead atoms. The molecule has 5 nitrogen and oxygen atoms in total. The highest BCUT2D eigenvalue weighted by atomic mass is 32.2. The van der Waals surface area contributed by atoms with E-state index in [-0.39, 0.29) is 17.3 Å². The Labute approximate surface area is 119 Å². The summed E-state index contributed by atoms with van der Waals surface area (Å²) in [5, 5.41) is 11.8. The third kappa shape index (κ3) is 4.30. The van der Waals surface area contributed by atoms with Gasteiger partial charge in [-0.1, -0.05) is 13.3 Å². The van der Waals surface area contributed by atoms with E-state index in [0.717, 1.165) is 12.8 Å². The van der Waals surface area contributed by atoms with Gasteiger partial charge in [0, 0.05) is 24.4 Å². The van der Waals surface area contributed by atoms with E-state index < -0.39 is 11.9 Å². The molecule has 0 aromatic rings. The Kier molecular flexibility index (Phi) is 5.97.